The summed E-state index contributed by atoms with van der Waals surface area (Å²) >= 11 is 0. The van der Waals surface area contributed by atoms with Crippen molar-refractivity contribution in [3.63, 3.8) is 0 Å². The number of hydrogen-bond acceptors (Lipinski definition) is 4. The zero-order valence-corrected chi connectivity index (χ0v) is 15.4. The molecule has 138 valence electrons. The lowest BCUT2D eigenvalue weighted by atomic mass is 10.1. The fourth-order valence-corrected chi connectivity index (χ4v) is 2.67. The summed E-state index contributed by atoms with van der Waals surface area (Å²) in [5.74, 6) is 1.33. The maximum atomic E-state index is 12.3. The molecule has 3 rings (SSSR count). The van der Waals surface area contributed by atoms with Crippen LogP contribution in [0.2, 0.25) is 0 Å². The van der Waals surface area contributed by atoms with E-state index in [9.17, 15) is 4.79 Å². The SMILES string of the molecule is Cc1cccc(C)c1OCC(=O)Nc1ncccc1OCc1ccccc1. The van der Waals surface area contributed by atoms with Crippen LogP contribution in [0.1, 0.15) is 16.7 Å². The van der Waals surface area contributed by atoms with E-state index in [0.29, 0.717) is 18.2 Å². The Morgan fingerprint density at radius 1 is 0.926 bits per heavy atom. The van der Waals surface area contributed by atoms with E-state index in [1.54, 1.807) is 18.3 Å². The molecule has 0 aliphatic carbocycles. The predicted molar refractivity (Wildman–Crippen MR) is 105 cm³/mol. The smallest absolute Gasteiger partial charge is 0.263 e. The molecular weight excluding hydrogens is 340 g/mol. The second-order valence-electron chi connectivity index (χ2n) is 6.18. The number of carbonyl (C=O) groups is 1. The molecule has 5 nitrogen and oxygen atoms in total. The first-order valence-electron chi connectivity index (χ1n) is 8.74. The summed E-state index contributed by atoms with van der Waals surface area (Å²) in [4.78, 5) is 16.5. The third-order valence-corrected chi connectivity index (χ3v) is 4.02. The molecule has 0 aliphatic heterocycles. The highest BCUT2D eigenvalue weighted by molar-refractivity contribution is 5.92. The van der Waals surface area contributed by atoms with Crippen LogP contribution in [0.4, 0.5) is 5.82 Å². The first-order valence-corrected chi connectivity index (χ1v) is 8.74. The van der Waals surface area contributed by atoms with Gasteiger partial charge in [-0.3, -0.25) is 4.79 Å². The van der Waals surface area contributed by atoms with Crippen molar-refractivity contribution in [2.24, 2.45) is 0 Å². The van der Waals surface area contributed by atoms with Gasteiger partial charge in [-0.2, -0.15) is 0 Å². The predicted octanol–water partition coefficient (Wildman–Crippen LogP) is 4.29. The van der Waals surface area contributed by atoms with Crippen LogP contribution in [0.15, 0.2) is 66.9 Å². The highest BCUT2D eigenvalue weighted by Crippen LogP contribution is 2.24. The first-order chi connectivity index (χ1) is 13.1. The van der Waals surface area contributed by atoms with E-state index in [0.717, 1.165) is 22.4 Å². The van der Waals surface area contributed by atoms with Crippen LogP contribution in [-0.2, 0) is 11.4 Å². The number of nitrogens with zero attached hydrogens (tertiary/aromatic N) is 1. The minimum absolute atomic E-state index is 0.0968. The number of ether oxygens (including phenoxy) is 2. The van der Waals surface area contributed by atoms with Crippen molar-refractivity contribution in [2.75, 3.05) is 11.9 Å². The van der Waals surface area contributed by atoms with Crippen molar-refractivity contribution >= 4 is 11.7 Å². The molecule has 1 N–H and O–H groups in total. The molecule has 3 aromatic rings. The molecule has 0 spiro atoms. The van der Waals surface area contributed by atoms with Crippen molar-refractivity contribution in [1.29, 1.82) is 0 Å². The van der Waals surface area contributed by atoms with Gasteiger partial charge in [-0.15, -0.1) is 0 Å². The van der Waals surface area contributed by atoms with Gasteiger partial charge in [0, 0.05) is 6.20 Å². The monoisotopic (exact) mass is 362 g/mol. The second-order valence-corrected chi connectivity index (χ2v) is 6.18. The molecule has 0 aliphatic rings. The summed E-state index contributed by atoms with van der Waals surface area (Å²) in [6.07, 6.45) is 1.61. The average molecular weight is 362 g/mol. The van der Waals surface area contributed by atoms with Gasteiger partial charge in [0.05, 0.1) is 0 Å². The summed E-state index contributed by atoms with van der Waals surface area (Å²) in [5, 5.41) is 2.76. The van der Waals surface area contributed by atoms with E-state index in [1.807, 2.05) is 62.4 Å². The van der Waals surface area contributed by atoms with E-state index < -0.39 is 0 Å². The minimum Gasteiger partial charge on any atom is -0.485 e. The van der Waals surface area contributed by atoms with Gasteiger partial charge >= 0.3 is 0 Å². The highest BCUT2D eigenvalue weighted by atomic mass is 16.5. The molecule has 1 aromatic heterocycles. The number of aryl methyl sites for hydroxylation is 2. The third-order valence-electron chi connectivity index (χ3n) is 4.02. The minimum atomic E-state index is -0.291. The summed E-state index contributed by atoms with van der Waals surface area (Å²) < 4.78 is 11.5. The Morgan fingerprint density at radius 2 is 1.67 bits per heavy atom. The molecule has 0 saturated carbocycles. The molecule has 0 fully saturated rings. The van der Waals surface area contributed by atoms with Gasteiger partial charge in [0.25, 0.3) is 5.91 Å². The lowest BCUT2D eigenvalue weighted by molar-refractivity contribution is -0.118. The molecule has 1 amide bonds. The molecule has 0 radical (unpaired) electrons. The summed E-state index contributed by atoms with van der Waals surface area (Å²) in [5.41, 5.74) is 3.03. The van der Waals surface area contributed by atoms with E-state index in [-0.39, 0.29) is 12.5 Å². The first kappa shape index (κ1) is 18.5. The van der Waals surface area contributed by atoms with E-state index in [1.165, 1.54) is 0 Å². The Morgan fingerprint density at radius 3 is 2.41 bits per heavy atom. The number of carbonyl (C=O) groups excluding carboxylic acids is 1. The molecule has 5 heteroatoms. The van der Waals surface area contributed by atoms with Crippen LogP contribution in [0.5, 0.6) is 11.5 Å². The van der Waals surface area contributed by atoms with Crippen LogP contribution < -0.4 is 14.8 Å². The van der Waals surface area contributed by atoms with Crippen LogP contribution in [0.25, 0.3) is 0 Å². The Bertz CT molecular complexity index is 890. The van der Waals surface area contributed by atoms with E-state index in [2.05, 4.69) is 10.3 Å². The average Bonchev–Trinajstić information content (AvgIpc) is 2.68. The van der Waals surface area contributed by atoms with Gasteiger partial charge in [-0.1, -0.05) is 48.5 Å². The number of benzene rings is 2. The Balaban J connectivity index is 1.61. The maximum Gasteiger partial charge on any atom is 0.263 e. The second kappa shape index (κ2) is 8.85. The molecule has 0 unspecified atom stereocenters. The van der Waals surface area contributed by atoms with Crippen LogP contribution >= 0.6 is 0 Å². The quantitative estimate of drug-likeness (QED) is 0.681. The van der Waals surface area contributed by atoms with Crippen molar-refractivity contribution in [2.45, 2.75) is 20.5 Å². The fraction of sp³-hybridized carbons (Fsp3) is 0.182. The number of hydrogen-bond donors (Lipinski definition) is 1. The van der Waals surface area contributed by atoms with Crippen LogP contribution in [-0.4, -0.2) is 17.5 Å². The Hall–Kier alpha value is -3.34. The normalized spacial score (nSPS) is 10.3. The highest BCUT2D eigenvalue weighted by Gasteiger charge is 2.11. The zero-order chi connectivity index (χ0) is 19.1. The summed E-state index contributed by atoms with van der Waals surface area (Å²) in [7, 11) is 0. The molecule has 0 atom stereocenters. The van der Waals surface area contributed by atoms with Gasteiger partial charge < -0.3 is 14.8 Å². The van der Waals surface area contributed by atoms with E-state index in [4.69, 9.17) is 9.47 Å². The number of anilines is 1. The standard InChI is InChI=1S/C22H22N2O3/c1-16-8-6-9-17(2)21(16)27-15-20(25)24-22-19(12-7-13-23-22)26-14-18-10-4-3-5-11-18/h3-13H,14-15H2,1-2H3,(H,23,24,25). The zero-order valence-electron chi connectivity index (χ0n) is 15.4. The van der Waals surface area contributed by atoms with E-state index >= 15 is 0 Å². The van der Waals surface area contributed by atoms with Gasteiger partial charge in [-0.25, -0.2) is 4.98 Å². The Labute approximate surface area is 159 Å². The van der Waals surface area contributed by atoms with Crippen molar-refractivity contribution in [3.8, 4) is 11.5 Å². The maximum absolute atomic E-state index is 12.3. The number of pyridine rings is 1. The molecule has 0 saturated heterocycles. The third kappa shape index (κ3) is 5.07. The summed E-state index contributed by atoms with van der Waals surface area (Å²) in [6, 6.07) is 19.2. The molecular formula is C22H22N2O3. The number of amides is 1. The van der Waals surface area contributed by atoms with Crippen molar-refractivity contribution < 1.29 is 14.3 Å². The van der Waals surface area contributed by atoms with Gasteiger partial charge in [0.1, 0.15) is 12.4 Å². The molecule has 2 aromatic carbocycles. The fourth-order valence-electron chi connectivity index (χ4n) is 2.67. The number of para-hydroxylation sites is 1. The number of aromatic nitrogens is 1. The van der Waals surface area contributed by atoms with Crippen LogP contribution in [0.3, 0.4) is 0 Å². The number of rotatable bonds is 7. The van der Waals surface area contributed by atoms with Gasteiger partial charge in [0.15, 0.2) is 18.2 Å². The van der Waals surface area contributed by atoms with Gasteiger partial charge in [0.2, 0.25) is 0 Å². The van der Waals surface area contributed by atoms with Crippen LogP contribution in [0, 0.1) is 13.8 Å². The lowest BCUT2D eigenvalue weighted by Crippen LogP contribution is -2.21. The van der Waals surface area contributed by atoms with Crippen molar-refractivity contribution in [1.82, 2.24) is 4.98 Å². The topological polar surface area (TPSA) is 60.5 Å². The molecule has 0 bridgehead atoms. The Kier molecular flexibility index (Phi) is 6.05. The number of nitrogens with one attached hydrogen (secondary N) is 1. The lowest BCUT2D eigenvalue weighted by Gasteiger charge is -2.13. The molecule has 1 heterocycles. The molecule has 27 heavy (non-hydrogen) atoms. The van der Waals surface area contributed by atoms with Crippen molar-refractivity contribution in [3.05, 3.63) is 83.6 Å². The van der Waals surface area contributed by atoms with Gasteiger partial charge in [-0.05, 0) is 42.7 Å². The largest absolute Gasteiger partial charge is 0.485 e. The summed E-state index contributed by atoms with van der Waals surface area (Å²) in [6.45, 7) is 4.21.